The Kier molecular flexibility index (Phi) is 3.78. The van der Waals surface area contributed by atoms with E-state index in [2.05, 4.69) is 9.73 Å². The van der Waals surface area contributed by atoms with E-state index in [-0.39, 0.29) is 17.8 Å². The minimum atomic E-state index is -4.72. The maximum Gasteiger partial charge on any atom is 0.573 e. The molecule has 0 saturated carbocycles. The van der Waals surface area contributed by atoms with Gasteiger partial charge in [-0.15, -0.1) is 13.2 Å². The number of hydrogen-bond donors (Lipinski definition) is 1. The molecule has 0 fully saturated rings. The predicted octanol–water partition coefficient (Wildman–Crippen LogP) is 2.67. The van der Waals surface area contributed by atoms with Gasteiger partial charge in [-0.25, -0.2) is 0 Å². The zero-order valence-electron chi connectivity index (χ0n) is 11.2. The number of hydrogen-bond acceptors (Lipinski definition) is 4. The lowest BCUT2D eigenvalue weighted by molar-refractivity contribution is -0.275. The number of rotatable bonds is 3. The maximum atomic E-state index is 12.5. The molecule has 0 saturated heterocycles. The highest BCUT2D eigenvalue weighted by Crippen LogP contribution is 2.35. The van der Waals surface area contributed by atoms with Gasteiger partial charge in [-0.1, -0.05) is 18.2 Å². The number of alkyl halides is 3. The number of benzene rings is 1. The summed E-state index contributed by atoms with van der Waals surface area (Å²) in [6.45, 7) is 4.14. The third-order valence-electron chi connectivity index (χ3n) is 3.09. The van der Waals surface area contributed by atoms with Crippen molar-refractivity contribution in [2.45, 2.75) is 32.3 Å². The molecule has 1 aliphatic heterocycles. The van der Waals surface area contributed by atoms with Crippen LogP contribution in [0.1, 0.15) is 25.5 Å². The number of halogens is 3. The Balaban J connectivity index is 2.34. The largest absolute Gasteiger partial charge is 0.573 e. The van der Waals surface area contributed by atoms with E-state index in [9.17, 15) is 13.2 Å². The summed E-state index contributed by atoms with van der Waals surface area (Å²) in [4.78, 5) is 5.91. The number of aliphatic imine (C=N–C) groups is 1. The van der Waals surface area contributed by atoms with Crippen LogP contribution in [0.5, 0.6) is 5.75 Å². The number of nitrogens with zero attached hydrogens (tertiary/aromatic N) is 2. The molecule has 1 aliphatic rings. The van der Waals surface area contributed by atoms with Gasteiger partial charge in [0.1, 0.15) is 5.75 Å². The van der Waals surface area contributed by atoms with Crippen LogP contribution in [0, 0.1) is 0 Å². The van der Waals surface area contributed by atoms with Gasteiger partial charge in [0.25, 0.3) is 0 Å². The van der Waals surface area contributed by atoms with E-state index in [4.69, 9.17) is 5.73 Å². The molecule has 0 spiro atoms. The summed E-state index contributed by atoms with van der Waals surface area (Å²) in [5.74, 6) is 0.132. The van der Waals surface area contributed by atoms with Crippen molar-refractivity contribution in [3.8, 4) is 5.75 Å². The lowest BCUT2D eigenvalue weighted by Gasteiger charge is -2.31. The van der Waals surface area contributed by atoms with Gasteiger partial charge in [-0.3, -0.25) is 4.99 Å². The van der Waals surface area contributed by atoms with E-state index in [0.29, 0.717) is 18.1 Å². The average Bonchev–Trinajstić information content (AvgIpc) is 2.69. The molecule has 4 nitrogen and oxygen atoms in total. The second kappa shape index (κ2) is 5.22. The Hall–Kier alpha value is -1.92. The number of ether oxygens (including phenoxy) is 1. The van der Waals surface area contributed by atoms with Crippen LogP contribution in [-0.2, 0) is 0 Å². The van der Waals surface area contributed by atoms with E-state index in [0.717, 1.165) is 0 Å². The second-order valence-corrected chi connectivity index (χ2v) is 4.80. The fourth-order valence-electron chi connectivity index (χ4n) is 2.36. The van der Waals surface area contributed by atoms with Gasteiger partial charge >= 0.3 is 6.36 Å². The Morgan fingerprint density at radius 2 is 2.00 bits per heavy atom. The van der Waals surface area contributed by atoms with E-state index < -0.39 is 6.36 Å². The van der Waals surface area contributed by atoms with E-state index in [1.807, 2.05) is 13.8 Å². The third-order valence-corrected chi connectivity index (χ3v) is 3.09. The normalized spacial score (nSPS) is 19.4. The Morgan fingerprint density at radius 3 is 2.60 bits per heavy atom. The summed E-state index contributed by atoms with van der Waals surface area (Å²) in [6.07, 6.45) is -4.72. The van der Waals surface area contributed by atoms with Crippen molar-refractivity contribution in [2.24, 2.45) is 10.7 Å². The van der Waals surface area contributed by atoms with Crippen LogP contribution in [0.2, 0.25) is 0 Å². The Bertz CT molecular complexity index is 514. The molecule has 1 heterocycles. The molecule has 0 bridgehead atoms. The number of para-hydroxylation sites is 1. The van der Waals surface area contributed by atoms with Crippen LogP contribution >= 0.6 is 0 Å². The van der Waals surface area contributed by atoms with Crippen molar-refractivity contribution < 1.29 is 17.9 Å². The van der Waals surface area contributed by atoms with E-state index in [1.165, 1.54) is 12.1 Å². The molecule has 0 aromatic heterocycles. The first-order chi connectivity index (χ1) is 9.29. The van der Waals surface area contributed by atoms with E-state index in [1.54, 1.807) is 17.0 Å². The molecule has 1 aromatic rings. The Morgan fingerprint density at radius 1 is 1.35 bits per heavy atom. The molecule has 1 aromatic carbocycles. The molecule has 2 rings (SSSR count). The van der Waals surface area contributed by atoms with Crippen LogP contribution in [0.15, 0.2) is 29.3 Å². The van der Waals surface area contributed by atoms with Crippen molar-refractivity contribution in [3.63, 3.8) is 0 Å². The molecule has 2 N–H and O–H groups in total. The van der Waals surface area contributed by atoms with Gasteiger partial charge in [0.2, 0.25) is 0 Å². The van der Waals surface area contributed by atoms with Gasteiger partial charge in [0.05, 0.1) is 12.6 Å². The summed E-state index contributed by atoms with van der Waals surface area (Å²) < 4.78 is 41.4. The van der Waals surface area contributed by atoms with Crippen molar-refractivity contribution >= 4 is 5.96 Å². The topological polar surface area (TPSA) is 50.8 Å². The highest BCUT2D eigenvalue weighted by atomic mass is 19.4. The van der Waals surface area contributed by atoms with Gasteiger partial charge in [0, 0.05) is 11.6 Å². The fraction of sp³-hybridized carbons (Fsp3) is 0.462. The fourth-order valence-corrected chi connectivity index (χ4v) is 2.36. The average molecular weight is 287 g/mol. The summed E-state index contributed by atoms with van der Waals surface area (Å²) >= 11 is 0. The standard InChI is InChI=1S/C13H16F3N3O/c1-8(2)19-10(7-18-12(19)17)9-5-3-4-6-11(9)20-13(14,15)16/h3-6,8,10H,7H2,1-2H3,(H2,17,18). The zero-order valence-corrected chi connectivity index (χ0v) is 11.2. The molecular formula is C13H16F3N3O. The summed E-state index contributed by atoms with van der Waals surface area (Å²) in [5, 5.41) is 0. The van der Waals surface area contributed by atoms with Crippen LogP contribution in [-0.4, -0.2) is 29.8 Å². The van der Waals surface area contributed by atoms with Crippen LogP contribution in [0.25, 0.3) is 0 Å². The second-order valence-electron chi connectivity index (χ2n) is 4.80. The SMILES string of the molecule is CC(C)N1C(N)=NCC1c1ccccc1OC(F)(F)F. The predicted molar refractivity (Wildman–Crippen MR) is 69.3 cm³/mol. The van der Waals surface area contributed by atoms with E-state index >= 15 is 0 Å². The minimum Gasteiger partial charge on any atom is -0.405 e. The zero-order chi connectivity index (χ0) is 14.9. The third kappa shape index (κ3) is 2.97. The number of guanidine groups is 1. The quantitative estimate of drug-likeness (QED) is 0.930. The van der Waals surface area contributed by atoms with Crippen LogP contribution in [0.4, 0.5) is 13.2 Å². The first-order valence-corrected chi connectivity index (χ1v) is 6.22. The lowest BCUT2D eigenvalue weighted by atomic mass is 10.0. The molecule has 0 radical (unpaired) electrons. The van der Waals surface area contributed by atoms with Gasteiger partial charge in [0.15, 0.2) is 5.96 Å². The first-order valence-electron chi connectivity index (χ1n) is 6.22. The van der Waals surface area contributed by atoms with Crippen molar-refractivity contribution in [1.29, 1.82) is 0 Å². The molecule has 0 aliphatic carbocycles. The molecule has 110 valence electrons. The van der Waals surface area contributed by atoms with Gasteiger partial charge in [-0.2, -0.15) is 0 Å². The van der Waals surface area contributed by atoms with Crippen LogP contribution in [0.3, 0.4) is 0 Å². The highest BCUT2D eigenvalue weighted by molar-refractivity contribution is 5.80. The molecule has 1 unspecified atom stereocenters. The lowest BCUT2D eigenvalue weighted by Crippen LogP contribution is -2.41. The summed E-state index contributed by atoms with van der Waals surface area (Å²) in [5.41, 5.74) is 6.23. The Labute approximate surface area is 115 Å². The number of nitrogens with two attached hydrogens (primary N) is 1. The van der Waals surface area contributed by atoms with Crippen molar-refractivity contribution in [1.82, 2.24) is 4.90 Å². The van der Waals surface area contributed by atoms with Crippen molar-refractivity contribution in [3.05, 3.63) is 29.8 Å². The van der Waals surface area contributed by atoms with Crippen molar-refractivity contribution in [2.75, 3.05) is 6.54 Å². The van der Waals surface area contributed by atoms with Crippen LogP contribution < -0.4 is 10.5 Å². The smallest absolute Gasteiger partial charge is 0.405 e. The molecule has 1 atom stereocenters. The first kappa shape index (κ1) is 14.5. The minimum absolute atomic E-state index is 0.0326. The molecule has 7 heteroatoms. The molecule has 0 amide bonds. The molecule has 20 heavy (non-hydrogen) atoms. The summed E-state index contributed by atoms with van der Waals surface area (Å²) in [7, 11) is 0. The van der Waals surface area contributed by atoms with Gasteiger partial charge < -0.3 is 15.4 Å². The molecular weight excluding hydrogens is 271 g/mol. The van der Waals surface area contributed by atoms with Gasteiger partial charge in [-0.05, 0) is 19.9 Å². The monoisotopic (exact) mass is 287 g/mol. The maximum absolute atomic E-state index is 12.5. The summed E-state index contributed by atoms with van der Waals surface area (Å²) in [6, 6.07) is 5.78. The highest BCUT2D eigenvalue weighted by Gasteiger charge is 2.36.